The summed E-state index contributed by atoms with van der Waals surface area (Å²) >= 11 is 0. The largest absolute Gasteiger partial charge is 0.478 e. The van der Waals surface area contributed by atoms with Crippen molar-refractivity contribution in [2.45, 2.75) is 70.9 Å². The Morgan fingerprint density at radius 2 is 2.23 bits per heavy atom. The summed E-state index contributed by atoms with van der Waals surface area (Å²) in [4.78, 5) is 7.11. The molecule has 1 heterocycles. The summed E-state index contributed by atoms with van der Waals surface area (Å²) in [5.74, 6) is 0.519. The number of rotatable bonds is 6. The second kappa shape index (κ2) is 9.16. The molecule has 0 amide bonds. The Morgan fingerprint density at radius 1 is 1.39 bits per heavy atom. The highest BCUT2D eigenvalue weighted by molar-refractivity contribution is 5.55. The molecule has 2 fully saturated rings. The van der Waals surface area contributed by atoms with Crippen LogP contribution in [0.3, 0.4) is 0 Å². The Labute approximate surface area is 188 Å². The lowest BCUT2D eigenvalue weighted by atomic mass is 9.76. The SMILES string of the molecule is C=C1CC(O/C=N/C/C(C)=C/C2=C3C(CC)=CC=CC3CC(C)=C2)C2(CCCN2C)C1. The maximum absolute atomic E-state index is 6.20. The summed E-state index contributed by atoms with van der Waals surface area (Å²) < 4.78 is 6.20. The van der Waals surface area contributed by atoms with Gasteiger partial charge in [0.2, 0.25) is 0 Å². The molecule has 0 aromatic carbocycles. The normalized spacial score (nSPS) is 31.6. The van der Waals surface area contributed by atoms with Gasteiger partial charge < -0.3 is 4.74 Å². The first kappa shape index (κ1) is 22.1. The van der Waals surface area contributed by atoms with Gasteiger partial charge in [-0.05, 0) is 76.3 Å². The van der Waals surface area contributed by atoms with Crippen LogP contribution in [0, 0.1) is 5.92 Å². The predicted molar refractivity (Wildman–Crippen MR) is 131 cm³/mol. The van der Waals surface area contributed by atoms with E-state index in [9.17, 15) is 0 Å². The third kappa shape index (κ3) is 4.43. The fourth-order valence-corrected chi connectivity index (χ4v) is 6.00. The third-order valence-electron chi connectivity index (χ3n) is 7.53. The van der Waals surface area contributed by atoms with Gasteiger partial charge in [-0.15, -0.1) is 0 Å². The summed E-state index contributed by atoms with van der Waals surface area (Å²) in [5, 5.41) is 0. The van der Waals surface area contributed by atoms with Crippen LogP contribution in [0.4, 0.5) is 0 Å². The molecular weight excluding hydrogens is 380 g/mol. The first-order chi connectivity index (χ1) is 14.9. The van der Waals surface area contributed by atoms with Gasteiger partial charge in [0.25, 0.3) is 0 Å². The molecule has 0 bridgehead atoms. The van der Waals surface area contributed by atoms with E-state index in [-0.39, 0.29) is 11.6 Å². The Balaban J connectivity index is 1.43. The summed E-state index contributed by atoms with van der Waals surface area (Å²) in [6.07, 6.45) is 20.1. The molecule has 31 heavy (non-hydrogen) atoms. The van der Waals surface area contributed by atoms with Crippen molar-refractivity contribution in [3.63, 3.8) is 0 Å². The van der Waals surface area contributed by atoms with E-state index in [4.69, 9.17) is 4.74 Å². The molecule has 3 nitrogen and oxygen atoms in total. The first-order valence-electron chi connectivity index (χ1n) is 11.9. The molecule has 3 heteroatoms. The lowest BCUT2D eigenvalue weighted by Gasteiger charge is -2.36. The van der Waals surface area contributed by atoms with Gasteiger partial charge in [-0.3, -0.25) is 9.89 Å². The van der Waals surface area contributed by atoms with E-state index < -0.39 is 0 Å². The van der Waals surface area contributed by atoms with E-state index in [1.54, 1.807) is 6.40 Å². The minimum Gasteiger partial charge on any atom is -0.478 e. The van der Waals surface area contributed by atoms with Gasteiger partial charge in [-0.2, -0.15) is 0 Å². The average Bonchev–Trinajstić information content (AvgIpc) is 3.26. The number of fused-ring (bicyclic) bond motifs is 1. The van der Waals surface area contributed by atoms with Gasteiger partial charge in [0.05, 0.1) is 12.1 Å². The quantitative estimate of drug-likeness (QED) is 0.286. The van der Waals surface area contributed by atoms with Crippen molar-refractivity contribution < 1.29 is 4.74 Å². The highest BCUT2D eigenvalue weighted by Gasteiger charge is 2.50. The van der Waals surface area contributed by atoms with E-state index in [0.29, 0.717) is 12.5 Å². The molecule has 4 rings (SSSR count). The van der Waals surface area contributed by atoms with E-state index in [2.05, 4.69) is 74.7 Å². The molecule has 3 aliphatic carbocycles. The minimum atomic E-state index is 0.136. The third-order valence-corrected chi connectivity index (χ3v) is 7.53. The molecule has 1 saturated carbocycles. The molecule has 3 unspecified atom stereocenters. The van der Waals surface area contributed by atoms with Crippen LogP contribution in [0.2, 0.25) is 0 Å². The minimum absolute atomic E-state index is 0.136. The summed E-state index contributed by atoms with van der Waals surface area (Å²) in [5.41, 5.74) is 8.50. The van der Waals surface area contributed by atoms with Gasteiger partial charge >= 0.3 is 0 Å². The van der Waals surface area contributed by atoms with Crippen LogP contribution >= 0.6 is 0 Å². The lowest BCUT2D eigenvalue weighted by Crippen LogP contribution is -2.48. The molecule has 3 atom stereocenters. The monoisotopic (exact) mass is 418 g/mol. The van der Waals surface area contributed by atoms with Gasteiger partial charge in [0.15, 0.2) is 6.40 Å². The average molecular weight is 419 g/mol. The lowest BCUT2D eigenvalue weighted by molar-refractivity contribution is 0.0437. The number of nitrogens with zero attached hydrogens (tertiary/aromatic N) is 2. The Bertz CT molecular complexity index is 913. The van der Waals surface area contributed by atoms with Crippen molar-refractivity contribution >= 4 is 6.40 Å². The summed E-state index contributed by atoms with van der Waals surface area (Å²) in [6, 6.07) is 0. The molecule has 0 aromatic heterocycles. The zero-order chi connectivity index (χ0) is 22.0. The van der Waals surface area contributed by atoms with Crippen LogP contribution in [0.5, 0.6) is 0 Å². The van der Waals surface area contributed by atoms with Crippen molar-refractivity contribution in [3.05, 3.63) is 70.4 Å². The fourth-order valence-electron chi connectivity index (χ4n) is 6.00. The van der Waals surface area contributed by atoms with E-state index in [1.807, 2.05) is 0 Å². The number of ether oxygens (including phenoxy) is 1. The number of aliphatic imine (C=N–C) groups is 1. The molecule has 1 spiro atoms. The molecule has 1 aliphatic heterocycles. The molecular formula is C28H38N2O. The van der Waals surface area contributed by atoms with E-state index in [1.165, 1.54) is 46.3 Å². The highest BCUT2D eigenvalue weighted by atomic mass is 16.5. The van der Waals surface area contributed by atoms with Crippen LogP contribution in [0.15, 0.2) is 75.4 Å². The van der Waals surface area contributed by atoms with E-state index in [0.717, 1.165) is 32.2 Å². The number of likely N-dealkylation sites (N-methyl/N-ethyl adjacent to an activating group) is 1. The second-order valence-corrected chi connectivity index (χ2v) is 9.92. The Kier molecular flexibility index (Phi) is 6.52. The van der Waals surface area contributed by atoms with Gasteiger partial charge in [0.1, 0.15) is 6.10 Å². The van der Waals surface area contributed by atoms with Crippen molar-refractivity contribution in [1.29, 1.82) is 0 Å². The Morgan fingerprint density at radius 3 is 2.97 bits per heavy atom. The number of likely N-dealkylation sites (tertiary alicyclic amines) is 1. The predicted octanol–water partition coefficient (Wildman–Crippen LogP) is 6.33. The van der Waals surface area contributed by atoms with Crippen LogP contribution in [-0.4, -0.2) is 43.1 Å². The summed E-state index contributed by atoms with van der Waals surface area (Å²) in [6.45, 7) is 12.8. The Hall–Kier alpha value is -2.13. The number of allylic oxidation sites excluding steroid dienone is 9. The topological polar surface area (TPSA) is 24.8 Å². The highest BCUT2D eigenvalue weighted by Crippen LogP contribution is 2.45. The molecule has 0 aromatic rings. The second-order valence-electron chi connectivity index (χ2n) is 9.92. The van der Waals surface area contributed by atoms with Gasteiger partial charge in [0, 0.05) is 12.3 Å². The van der Waals surface area contributed by atoms with Gasteiger partial charge in [-0.25, -0.2) is 0 Å². The number of hydrogen-bond acceptors (Lipinski definition) is 3. The number of hydrogen-bond donors (Lipinski definition) is 0. The maximum atomic E-state index is 6.20. The van der Waals surface area contributed by atoms with Crippen molar-refractivity contribution in [2.75, 3.05) is 20.1 Å². The smallest absolute Gasteiger partial charge is 0.170 e. The van der Waals surface area contributed by atoms with Crippen LogP contribution in [0.25, 0.3) is 0 Å². The first-order valence-corrected chi connectivity index (χ1v) is 11.9. The maximum Gasteiger partial charge on any atom is 0.170 e. The van der Waals surface area contributed by atoms with Crippen molar-refractivity contribution in [3.8, 4) is 0 Å². The zero-order valence-electron chi connectivity index (χ0n) is 19.8. The van der Waals surface area contributed by atoms with Crippen LogP contribution < -0.4 is 0 Å². The zero-order valence-corrected chi connectivity index (χ0v) is 19.8. The van der Waals surface area contributed by atoms with Crippen molar-refractivity contribution in [2.24, 2.45) is 10.9 Å². The molecule has 0 N–H and O–H groups in total. The van der Waals surface area contributed by atoms with Crippen LogP contribution in [0.1, 0.15) is 59.3 Å². The van der Waals surface area contributed by atoms with E-state index >= 15 is 0 Å². The molecule has 1 saturated heterocycles. The van der Waals surface area contributed by atoms with Crippen LogP contribution in [-0.2, 0) is 4.74 Å². The summed E-state index contributed by atoms with van der Waals surface area (Å²) in [7, 11) is 2.23. The molecule has 166 valence electrons. The van der Waals surface area contributed by atoms with Gasteiger partial charge in [-0.1, -0.05) is 60.6 Å². The van der Waals surface area contributed by atoms with Crippen molar-refractivity contribution in [1.82, 2.24) is 4.90 Å². The standard InChI is InChI=1S/C28H38N2O/c1-6-23-9-7-10-24-13-20(2)14-25(27(23)24)15-22(4)18-29-19-31-26-16-21(3)17-28(26)11-8-12-30(28)5/h7,9-10,14-15,19,24,26H,3,6,8,11-13,16-18H2,1-2,4-5H3/b22-15+,29-19+. The molecule has 4 aliphatic rings. The fraction of sp³-hybridized carbons (Fsp3) is 0.536. The molecule has 0 radical (unpaired) electrons.